The minimum Gasteiger partial charge on any atom is -0.385 e. The zero-order valence-electron chi connectivity index (χ0n) is 8.22. The largest absolute Gasteiger partial charge is 0.385 e. The molecule has 0 fully saturated rings. The molecule has 0 spiro atoms. The summed E-state index contributed by atoms with van der Waals surface area (Å²) in [6.07, 6.45) is 1.50. The van der Waals surface area contributed by atoms with Gasteiger partial charge >= 0.3 is 0 Å². The van der Waals surface area contributed by atoms with Crippen molar-refractivity contribution >= 4 is 23.1 Å². The predicted octanol–water partition coefficient (Wildman–Crippen LogP) is 3.12. The molecule has 0 heterocycles. The highest BCUT2D eigenvalue weighted by Gasteiger charge is 1.95. The molecule has 0 aliphatic carbocycles. The fraction of sp³-hybridized carbons (Fsp3) is 0.364. The lowest BCUT2D eigenvalue weighted by Crippen LogP contribution is -2.03. The Kier molecular flexibility index (Phi) is 4.47. The average molecular weight is 212 g/mol. The van der Waals surface area contributed by atoms with Crippen LogP contribution in [0.4, 0.5) is 5.69 Å². The fourth-order valence-corrected chi connectivity index (χ4v) is 1.36. The molecule has 0 unspecified atom stereocenters. The zero-order valence-corrected chi connectivity index (χ0v) is 8.97. The van der Waals surface area contributed by atoms with Crippen molar-refractivity contribution in [1.29, 1.82) is 0 Å². The molecule has 1 N–H and O–H groups in total. The number of hydrogen-bond acceptors (Lipinski definition) is 2. The lowest BCUT2D eigenvalue weighted by Gasteiger charge is -2.05. The molecule has 2 nitrogen and oxygen atoms in total. The highest BCUT2D eigenvalue weighted by Crippen LogP contribution is 2.14. The normalized spacial score (nSPS) is 9.86. The van der Waals surface area contributed by atoms with E-state index in [0.29, 0.717) is 6.42 Å². The van der Waals surface area contributed by atoms with Crippen molar-refractivity contribution in [2.45, 2.75) is 19.8 Å². The number of ketones is 1. The molecule has 0 bridgehead atoms. The van der Waals surface area contributed by atoms with Gasteiger partial charge in [0.15, 0.2) is 0 Å². The van der Waals surface area contributed by atoms with Crippen LogP contribution in [-0.4, -0.2) is 12.3 Å². The molecule has 0 saturated carbocycles. The summed E-state index contributed by atoms with van der Waals surface area (Å²) in [7, 11) is 0. The van der Waals surface area contributed by atoms with Crippen LogP contribution in [0.5, 0.6) is 0 Å². The summed E-state index contributed by atoms with van der Waals surface area (Å²) < 4.78 is 0. The van der Waals surface area contributed by atoms with Gasteiger partial charge in [0.25, 0.3) is 0 Å². The second-order valence-electron chi connectivity index (χ2n) is 3.24. The molecular weight excluding hydrogens is 198 g/mol. The summed E-state index contributed by atoms with van der Waals surface area (Å²) in [5.41, 5.74) is 1.00. The molecule has 0 aromatic heterocycles. The third kappa shape index (κ3) is 4.28. The highest BCUT2D eigenvalue weighted by molar-refractivity contribution is 6.30. The Labute approximate surface area is 89.3 Å². The second kappa shape index (κ2) is 5.66. The first-order valence-corrected chi connectivity index (χ1v) is 5.05. The maximum absolute atomic E-state index is 10.7. The van der Waals surface area contributed by atoms with Gasteiger partial charge in [-0.2, -0.15) is 0 Å². The number of nitrogens with one attached hydrogen (secondary N) is 1. The van der Waals surface area contributed by atoms with Gasteiger partial charge in [-0.3, -0.25) is 0 Å². The topological polar surface area (TPSA) is 29.1 Å². The van der Waals surface area contributed by atoms with Gasteiger partial charge in [-0.25, -0.2) is 0 Å². The molecule has 0 amide bonds. The maximum atomic E-state index is 10.7. The fourth-order valence-electron chi connectivity index (χ4n) is 1.17. The van der Waals surface area contributed by atoms with Crippen LogP contribution in [0.15, 0.2) is 24.3 Å². The number of carbonyl (C=O) groups excluding carboxylic acids is 1. The van der Waals surface area contributed by atoms with Crippen molar-refractivity contribution in [3.8, 4) is 0 Å². The second-order valence-corrected chi connectivity index (χ2v) is 3.68. The van der Waals surface area contributed by atoms with Gasteiger partial charge in [-0.1, -0.05) is 17.7 Å². The minimum atomic E-state index is 0.234. The van der Waals surface area contributed by atoms with Crippen molar-refractivity contribution in [1.82, 2.24) is 0 Å². The number of halogens is 1. The van der Waals surface area contributed by atoms with Crippen molar-refractivity contribution in [3.05, 3.63) is 29.3 Å². The predicted molar refractivity (Wildman–Crippen MR) is 59.9 cm³/mol. The smallest absolute Gasteiger partial charge is 0.129 e. The van der Waals surface area contributed by atoms with Crippen LogP contribution in [0.1, 0.15) is 19.8 Å². The molecule has 0 aliphatic heterocycles. The van der Waals surface area contributed by atoms with E-state index < -0.39 is 0 Å². The molecule has 1 aromatic rings. The Bertz CT molecular complexity index is 312. The monoisotopic (exact) mass is 211 g/mol. The Morgan fingerprint density at radius 3 is 2.93 bits per heavy atom. The summed E-state index contributed by atoms with van der Waals surface area (Å²) in [5, 5.41) is 3.93. The van der Waals surface area contributed by atoms with Gasteiger partial charge in [-0.05, 0) is 31.5 Å². The standard InChI is InChI=1S/C11H14ClNO/c1-9(14)4-3-7-13-11-6-2-5-10(12)8-11/h2,5-6,8,13H,3-4,7H2,1H3. The van der Waals surface area contributed by atoms with Crippen molar-refractivity contribution in [2.75, 3.05) is 11.9 Å². The minimum absolute atomic E-state index is 0.234. The van der Waals surface area contributed by atoms with E-state index >= 15 is 0 Å². The van der Waals surface area contributed by atoms with Gasteiger partial charge in [0.2, 0.25) is 0 Å². The Morgan fingerprint density at radius 1 is 1.50 bits per heavy atom. The van der Waals surface area contributed by atoms with Crippen LogP contribution in [0.25, 0.3) is 0 Å². The van der Waals surface area contributed by atoms with Gasteiger partial charge in [0.05, 0.1) is 0 Å². The van der Waals surface area contributed by atoms with E-state index in [1.807, 2.05) is 24.3 Å². The van der Waals surface area contributed by atoms with E-state index in [2.05, 4.69) is 5.32 Å². The van der Waals surface area contributed by atoms with Crippen molar-refractivity contribution in [3.63, 3.8) is 0 Å². The van der Waals surface area contributed by atoms with Crippen molar-refractivity contribution < 1.29 is 4.79 Å². The molecule has 14 heavy (non-hydrogen) atoms. The molecule has 0 saturated heterocycles. The number of anilines is 1. The average Bonchev–Trinajstić information content (AvgIpc) is 2.12. The van der Waals surface area contributed by atoms with E-state index in [-0.39, 0.29) is 5.78 Å². The Balaban J connectivity index is 2.28. The first-order valence-electron chi connectivity index (χ1n) is 4.67. The van der Waals surface area contributed by atoms with E-state index in [0.717, 1.165) is 23.7 Å². The number of hydrogen-bond donors (Lipinski definition) is 1. The third-order valence-corrected chi connectivity index (χ3v) is 2.09. The number of carbonyl (C=O) groups is 1. The van der Waals surface area contributed by atoms with Gasteiger partial charge in [0.1, 0.15) is 5.78 Å². The summed E-state index contributed by atoms with van der Waals surface area (Å²) in [4.78, 5) is 10.7. The summed E-state index contributed by atoms with van der Waals surface area (Å²) in [5.74, 6) is 0.234. The van der Waals surface area contributed by atoms with Crippen LogP contribution >= 0.6 is 11.6 Å². The summed E-state index contributed by atoms with van der Waals surface area (Å²) in [6.45, 7) is 2.42. The number of Topliss-reactive ketones (excluding diaryl/α,β-unsaturated/α-hetero) is 1. The van der Waals surface area contributed by atoms with Crippen LogP contribution in [0.2, 0.25) is 5.02 Å². The number of benzene rings is 1. The highest BCUT2D eigenvalue weighted by atomic mass is 35.5. The lowest BCUT2D eigenvalue weighted by atomic mass is 10.2. The molecule has 3 heteroatoms. The van der Waals surface area contributed by atoms with E-state index in [1.54, 1.807) is 6.92 Å². The van der Waals surface area contributed by atoms with Gasteiger partial charge in [0, 0.05) is 23.7 Å². The van der Waals surface area contributed by atoms with E-state index in [4.69, 9.17) is 11.6 Å². The van der Waals surface area contributed by atoms with E-state index in [1.165, 1.54) is 0 Å². The number of rotatable bonds is 5. The van der Waals surface area contributed by atoms with Crippen LogP contribution in [0.3, 0.4) is 0 Å². The summed E-state index contributed by atoms with van der Waals surface area (Å²) in [6, 6.07) is 7.56. The van der Waals surface area contributed by atoms with Gasteiger partial charge in [-0.15, -0.1) is 0 Å². The van der Waals surface area contributed by atoms with Gasteiger partial charge < -0.3 is 10.1 Å². The van der Waals surface area contributed by atoms with Crippen LogP contribution in [-0.2, 0) is 4.79 Å². The maximum Gasteiger partial charge on any atom is 0.129 e. The zero-order chi connectivity index (χ0) is 10.4. The first kappa shape index (κ1) is 11.1. The Morgan fingerprint density at radius 2 is 2.29 bits per heavy atom. The van der Waals surface area contributed by atoms with E-state index in [9.17, 15) is 4.79 Å². The molecule has 0 radical (unpaired) electrons. The molecule has 1 aromatic carbocycles. The summed E-state index contributed by atoms with van der Waals surface area (Å²) >= 11 is 5.81. The molecule has 76 valence electrons. The molecule has 0 atom stereocenters. The first-order chi connectivity index (χ1) is 6.68. The molecular formula is C11H14ClNO. The van der Waals surface area contributed by atoms with Crippen LogP contribution < -0.4 is 5.32 Å². The van der Waals surface area contributed by atoms with Crippen LogP contribution in [0, 0.1) is 0 Å². The SMILES string of the molecule is CC(=O)CCCNc1cccc(Cl)c1. The third-order valence-electron chi connectivity index (χ3n) is 1.86. The lowest BCUT2D eigenvalue weighted by molar-refractivity contribution is -0.117. The molecule has 1 rings (SSSR count). The van der Waals surface area contributed by atoms with Crippen molar-refractivity contribution in [2.24, 2.45) is 0 Å². The molecule has 0 aliphatic rings. The Hall–Kier alpha value is -1.02. The quantitative estimate of drug-likeness (QED) is 0.759.